The molecule has 1 aromatic carbocycles. The van der Waals surface area contributed by atoms with Crippen molar-refractivity contribution in [2.75, 3.05) is 13.1 Å². The molecule has 0 radical (unpaired) electrons. The van der Waals surface area contributed by atoms with Crippen LogP contribution in [0.5, 0.6) is 0 Å². The lowest BCUT2D eigenvalue weighted by Crippen LogP contribution is -2.34. The van der Waals surface area contributed by atoms with Gasteiger partial charge in [0.25, 0.3) is 0 Å². The summed E-state index contributed by atoms with van der Waals surface area (Å²) in [6.07, 6.45) is 6.21. The lowest BCUT2D eigenvalue weighted by Gasteiger charge is -2.27. The smallest absolute Gasteiger partial charge is 0.188 e. The van der Waals surface area contributed by atoms with Gasteiger partial charge in [-0.25, -0.2) is 0 Å². The maximum absolute atomic E-state index is 5.95. The number of rotatable bonds is 6. The average molecular weight is 413 g/mol. The van der Waals surface area contributed by atoms with E-state index in [0.29, 0.717) is 12.5 Å². The van der Waals surface area contributed by atoms with Crippen LogP contribution < -0.4 is 11.1 Å². The molecule has 1 saturated carbocycles. The summed E-state index contributed by atoms with van der Waals surface area (Å²) in [5.74, 6) is 0.539. The Bertz CT molecular complexity index is 490. The molecule has 3 nitrogen and oxygen atoms in total. The number of hydrogen-bond donors (Lipinski definition) is 2. The summed E-state index contributed by atoms with van der Waals surface area (Å²) in [6.45, 7) is 7.35. The summed E-state index contributed by atoms with van der Waals surface area (Å²) >= 11 is 0. The second-order valence-corrected chi connectivity index (χ2v) is 6.38. The molecule has 1 aromatic rings. The van der Waals surface area contributed by atoms with Crippen LogP contribution in [0.3, 0.4) is 0 Å². The molecule has 0 saturated heterocycles. The molecule has 0 amide bonds. The fourth-order valence-electron chi connectivity index (χ4n) is 3.09. The number of hydrogen-bond acceptors (Lipinski definition) is 1. The number of benzene rings is 1. The maximum atomic E-state index is 5.95. The van der Waals surface area contributed by atoms with Gasteiger partial charge in [-0.2, -0.15) is 0 Å². The molecule has 0 spiro atoms. The fraction of sp³-hybridized carbons (Fsp3) is 0.500. The van der Waals surface area contributed by atoms with Crippen LogP contribution in [-0.2, 0) is 6.42 Å². The highest BCUT2D eigenvalue weighted by Gasteiger charge is 2.33. The minimum Gasteiger partial charge on any atom is -0.370 e. The van der Waals surface area contributed by atoms with Gasteiger partial charge in [0.2, 0.25) is 0 Å². The summed E-state index contributed by atoms with van der Waals surface area (Å²) in [7, 11) is 0. The highest BCUT2D eigenvalue weighted by atomic mass is 127. The molecule has 0 aromatic heterocycles. The van der Waals surface area contributed by atoms with Crippen LogP contribution in [0.25, 0.3) is 0 Å². The fourth-order valence-corrected chi connectivity index (χ4v) is 3.09. The van der Waals surface area contributed by atoms with E-state index in [0.717, 1.165) is 18.5 Å². The summed E-state index contributed by atoms with van der Waals surface area (Å²) in [4.78, 5) is 4.59. The Balaban J connectivity index is 0.00000242. The third kappa shape index (κ3) is 5.99. The first-order valence-corrected chi connectivity index (χ1v) is 7.82. The minimum absolute atomic E-state index is 0. The SMILES string of the molecule is C=C(C)CNC(N)=NCC1(Cc2ccccc2)CCCC1.I. The Morgan fingerprint density at radius 1 is 1.27 bits per heavy atom. The first kappa shape index (κ1) is 19.0. The van der Waals surface area contributed by atoms with Crippen molar-refractivity contribution in [3.63, 3.8) is 0 Å². The lowest BCUT2D eigenvalue weighted by molar-refractivity contribution is 0.307. The van der Waals surface area contributed by atoms with E-state index in [2.05, 4.69) is 47.2 Å². The second kappa shape index (κ2) is 9.18. The number of nitrogens with one attached hydrogen (secondary N) is 1. The normalized spacial score (nSPS) is 16.9. The third-order valence-corrected chi connectivity index (χ3v) is 4.24. The first-order chi connectivity index (χ1) is 10.1. The van der Waals surface area contributed by atoms with Crippen molar-refractivity contribution in [1.29, 1.82) is 0 Å². The van der Waals surface area contributed by atoms with E-state index in [4.69, 9.17) is 5.73 Å². The highest BCUT2D eigenvalue weighted by Crippen LogP contribution is 2.41. The van der Waals surface area contributed by atoms with E-state index in [1.165, 1.54) is 31.2 Å². The monoisotopic (exact) mass is 413 g/mol. The number of guanidine groups is 1. The summed E-state index contributed by atoms with van der Waals surface area (Å²) in [6, 6.07) is 10.7. The molecule has 0 aliphatic heterocycles. The second-order valence-electron chi connectivity index (χ2n) is 6.38. The van der Waals surface area contributed by atoms with Gasteiger partial charge in [-0.1, -0.05) is 55.3 Å². The molecule has 122 valence electrons. The van der Waals surface area contributed by atoms with Crippen molar-refractivity contribution in [1.82, 2.24) is 5.32 Å². The van der Waals surface area contributed by atoms with Crippen molar-refractivity contribution in [3.05, 3.63) is 48.0 Å². The molecule has 3 N–H and O–H groups in total. The van der Waals surface area contributed by atoms with Crippen LogP contribution in [0, 0.1) is 5.41 Å². The van der Waals surface area contributed by atoms with Crippen molar-refractivity contribution in [2.24, 2.45) is 16.1 Å². The largest absolute Gasteiger partial charge is 0.370 e. The number of halogens is 1. The zero-order chi connectivity index (χ0) is 15.1. The zero-order valence-electron chi connectivity index (χ0n) is 13.5. The summed E-state index contributed by atoms with van der Waals surface area (Å²) in [5, 5.41) is 3.12. The van der Waals surface area contributed by atoms with Gasteiger partial charge in [0.1, 0.15) is 0 Å². The number of aliphatic imine (C=N–C) groups is 1. The predicted octanol–water partition coefficient (Wildman–Crippen LogP) is 3.89. The van der Waals surface area contributed by atoms with Gasteiger partial charge in [0.05, 0.1) is 0 Å². The maximum Gasteiger partial charge on any atom is 0.188 e. The van der Waals surface area contributed by atoms with Gasteiger partial charge in [-0.05, 0) is 37.2 Å². The van der Waals surface area contributed by atoms with E-state index in [1.54, 1.807) is 0 Å². The summed E-state index contributed by atoms with van der Waals surface area (Å²) < 4.78 is 0. The van der Waals surface area contributed by atoms with Crippen molar-refractivity contribution >= 4 is 29.9 Å². The number of nitrogens with zero attached hydrogens (tertiary/aromatic N) is 1. The Morgan fingerprint density at radius 2 is 1.91 bits per heavy atom. The molecular formula is C18H28IN3. The minimum atomic E-state index is 0. The van der Waals surface area contributed by atoms with Crippen molar-refractivity contribution in [2.45, 2.75) is 39.0 Å². The van der Waals surface area contributed by atoms with Crippen molar-refractivity contribution < 1.29 is 0 Å². The van der Waals surface area contributed by atoms with E-state index in [9.17, 15) is 0 Å². The highest BCUT2D eigenvalue weighted by molar-refractivity contribution is 14.0. The molecule has 0 atom stereocenters. The quantitative estimate of drug-likeness (QED) is 0.322. The molecule has 0 heterocycles. The third-order valence-electron chi connectivity index (χ3n) is 4.24. The van der Waals surface area contributed by atoms with Crippen LogP contribution in [-0.4, -0.2) is 19.0 Å². The van der Waals surface area contributed by atoms with Gasteiger partial charge in [0.15, 0.2) is 5.96 Å². The van der Waals surface area contributed by atoms with E-state index in [-0.39, 0.29) is 29.4 Å². The Morgan fingerprint density at radius 3 is 2.50 bits per heavy atom. The Kier molecular flexibility index (Phi) is 7.93. The lowest BCUT2D eigenvalue weighted by atomic mass is 9.80. The van der Waals surface area contributed by atoms with Gasteiger partial charge in [0, 0.05) is 13.1 Å². The van der Waals surface area contributed by atoms with Gasteiger partial charge >= 0.3 is 0 Å². The molecule has 1 fully saturated rings. The zero-order valence-corrected chi connectivity index (χ0v) is 15.8. The van der Waals surface area contributed by atoms with E-state index < -0.39 is 0 Å². The van der Waals surface area contributed by atoms with Gasteiger partial charge in [-0.15, -0.1) is 24.0 Å². The van der Waals surface area contributed by atoms with Crippen LogP contribution in [0.1, 0.15) is 38.2 Å². The predicted molar refractivity (Wildman–Crippen MR) is 106 cm³/mol. The average Bonchev–Trinajstić information content (AvgIpc) is 2.93. The standard InChI is InChI=1S/C18H27N3.HI/c1-15(2)13-20-17(19)21-14-18(10-6-7-11-18)12-16-8-4-3-5-9-16;/h3-5,8-9H,1,6-7,10-14H2,2H3,(H3,19,20,21);1H. The van der Waals surface area contributed by atoms with Crippen LogP contribution in [0.2, 0.25) is 0 Å². The van der Waals surface area contributed by atoms with Gasteiger partial charge in [-0.3, -0.25) is 4.99 Å². The molecule has 1 aliphatic rings. The van der Waals surface area contributed by atoms with Gasteiger partial charge < -0.3 is 11.1 Å². The Hall–Kier alpha value is -1.04. The molecule has 2 rings (SSSR count). The van der Waals surface area contributed by atoms with E-state index in [1.807, 2.05) is 6.92 Å². The molecular weight excluding hydrogens is 385 g/mol. The first-order valence-electron chi connectivity index (χ1n) is 7.82. The molecule has 0 bridgehead atoms. The number of nitrogens with two attached hydrogens (primary N) is 1. The summed E-state index contributed by atoms with van der Waals surface area (Å²) in [5.41, 5.74) is 8.71. The molecule has 22 heavy (non-hydrogen) atoms. The molecule has 1 aliphatic carbocycles. The molecule has 4 heteroatoms. The van der Waals surface area contributed by atoms with Crippen LogP contribution >= 0.6 is 24.0 Å². The van der Waals surface area contributed by atoms with E-state index >= 15 is 0 Å². The Labute approximate surface area is 151 Å². The van der Waals surface area contributed by atoms with Crippen LogP contribution in [0.15, 0.2) is 47.5 Å². The topological polar surface area (TPSA) is 50.4 Å². The van der Waals surface area contributed by atoms with Crippen molar-refractivity contribution in [3.8, 4) is 0 Å². The van der Waals surface area contributed by atoms with Crippen LogP contribution in [0.4, 0.5) is 0 Å². The molecule has 0 unspecified atom stereocenters.